The molecule has 0 amide bonds. The Morgan fingerprint density at radius 1 is 1.35 bits per heavy atom. The van der Waals surface area contributed by atoms with Gasteiger partial charge in [0, 0.05) is 13.0 Å². The fraction of sp³-hybridized carbons (Fsp3) is 0.294. The Bertz CT molecular complexity index is 405. The monoisotopic (exact) mass is 273 g/mol. The zero-order valence-corrected chi connectivity index (χ0v) is 12.3. The van der Waals surface area contributed by atoms with E-state index in [1.807, 2.05) is 36.4 Å². The van der Waals surface area contributed by atoms with Gasteiger partial charge in [0.05, 0.1) is 12.7 Å². The third-order valence-corrected chi connectivity index (χ3v) is 1.93. The molecule has 108 valence electrons. The molecule has 1 aromatic carbocycles. The molecular weight excluding hydrogens is 250 g/mol. The highest BCUT2D eigenvalue weighted by Gasteiger charge is 1.88. The van der Waals surface area contributed by atoms with E-state index in [0.717, 1.165) is 12.8 Å². The number of unbranched alkanes of at least 4 members (excludes halogenated alkanes) is 1. The van der Waals surface area contributed by atoms with Gasteiger partial charge in [-0.2, -0.15) is 5.26 Å². The number of carbonyl (C=O) groups excluding carboxylic acids is 1. The van der Waals surface area contributed by atoms with Gasteiger partial charge >= 0.3 is 5.97 Å². The molecule has 1 rings (SSSR count). The van der Waals surface area contributed by atoms with Crippen molar-refractivity contribution in [2.75, 3.05) is 6.61 Å². The van der Waals surface area contributed by atoms with Crippen molar-refractivity contribution in [2.24, 2.45) is 0 Å². The molecule has 3 nitrogen and oxygen atoms in total. The quantitative estimate of drug-likeness (QED) is 0.465. The zero-order valence-electron chi connectivity index (χ0n) is 12.3. The number of nitriles is 1. The fourth-order valence-corrected chi connectivity index (χ4v) is 0.949. The lowest BCUT2D eigenvalue weighted by Gasteiger charge is -1.96. The standard InChI is InChI=1S/C8H8.C6H12O2.C3H3N/c1-2-8-6-4-3-5-7-8;1-3-4-5-8-6(2)7;1-2-3-4/h2-7H,1H2;3-5H2,1-2H3;2H,1H2. The maximum Gasteiger partial charge on any atom is 0.302 e. The summed E-state index contributed by atoms with van der Waals surface area (Å²) in [6.45, 7) is 10.8. The fourth-order valence-electron chi connectivity index (χ4n) is 0.949. The molecule has 1 aromatic rings. The van der Waals surface area contributed by atoms with Crippen LogP contribution in [-0.2, 0) is 9.53 Å². The summed E-state index contributed by atoms with van der Waals surface area (Å²) in [6, 6.07) is 11.7. The van der Waals surface area contributed by atoms with Crippen LogP contribution in [0.5, 0.6) is 0 Å². The van der Waals surface area contributed by atoms with E-state index >= 15 is 0 Å². The average molecular weight is 273 g/mol. The van der Waals surface area contributed by atoms with E-state index in [2.05, 4.69) is 24.8 Å². The Hall–Kier alpha value is -2.34. The highest BCUT2D eigenvalue weighted by Crippen LogP contribution is 1.97. The van der Waals surface area contributed by atoms with Gasteiger partial charge in [0.1, 0.15) is 0 Å². The molecule has 0 bridgehead atoms. The van der Waals surface area contributed by atoms with Gasteiger partial charge in [-0.15, -0.1) is 0 Å². The van der Waals surface area contributed by atoms with Crippen molar-refractivity contribution in [1.29, 1.82) is 5.26 Å². The summed E-state index contributed by atoms with van der Waals surface area (Å²) in [5, 5.41) is 7.51. The van der Waals surface area contributed by atoms with E-state index in [-0.39, 0.29) is 5.97 Å². The van der Waals surface area contributed by atoms with Crippen molar-refractivity contribution >= 4 is 12.0 Å². The number of ether oxygens (including phenoxy) is 1. The third-order valence-electron chi connectivity index (χ3n) is 1.93. The van der Waals surface area contributed by atoms with Crippen molar-refractivity contribution in [3.05, 3.63) is 55.1 Å². The van der Waals surface area contributed by atoms with Gasteiger partial charge in [-0.05, 0) is 12.0 Å². The number of benzene rings is 1. The molecule has 0 N–H and O–H groups in total. The van der Waals surface area contributed by atoms with Crippen LogP contribution in [-0.4, -0.2) is 12.6 Å². The van der Waals surface area contributed by atoms with Crippen LogP contribution in [0.3, 0.4) is 0 Å². The molecular formula is C17H23NO2. The maximum absolute atomic E-state index is 10.1. The Morgan fingerprint density at radius 3 is 2.20 bits per heavy atom. The van der Waals surface area contributed by atoms with E-state index in [1.165, 1.54) is 18.6 Å². The van der Waals surface area contributed by atoms with Crippen molar-refractivity contribution in [3.63, 3.8) is 0 Å². The summed E-state index contributed by atoms with van der Waals surface area (Å²) in [6.07, 6.45) is 5.06. The third kappa shape index (κ3) is 18.0. The van der Waals surface area contributed by atoms with Crippen LogP contribution in [0.25, 0.3) is 6.08 Å². The molecule has 0 saturated carbocycles. The van der Waals surface area contributed by atoms with Crippen LogP contribution >= 0.6 is 0 Å². The second kappa shape index (κ2) is 16.7. The molecule has 0 atom stereocenters. The van der Waals surface area contributed by atoms with Gasteiger partial charge in [-0.1, -0.05) is 62.9 Å². The lowest BCUT2D eigenvalue weighted by Crippen LogP contribution is -1.99. The zero-order chi connectivity index (χ0) is 15.6. The van der Waals surface area contributed by atoms with E-state index in [9.17, 15) is 4.79 Å². The number of allylic oxidation sites excluding steroid dienone is 1. The van der Waals surface area contributed by atoms with Crippen molar-refractivity contribution in [3.8, 4) is 6.07 Å². The van der Waals surface area contributed by atoms with E-state index in [4.69, 9.17) is 5.26 Å². The summed E-state index contributed by atoms with van der Waals surface area (Å²) in [4.78, 5) is 10.1. The van der Waals surface area contributed by atoms with Crippen LogP contribution in [0.1, 0.15) is 32.3 Å². The Labute approximate surface area is 122 Å². The number of nitrogens with zero attached hydrogens (tertiary/aromatic N) is 1. The Morgan fingerprint density at radius 2 is 1.90 bits per heavy atom. The molecule has 0 heterocycles. The minimum Gasteiger partial charge on any atom is -0.466 e. The Balaban J connectivity index is 0. The van der Waals surface area contributed by atoms with Gasteiger partial charge in [-0.3, -0.25) is 4.79 Å². The summed E-state index contributed by atoms with van der Waals surface area (Å²) < 4.78 is 4.64. The maximum atomic E-state index is 10.1. The molecule has 0 aromatic heterocycles. The molecule has 0 spiro atoms. The molecule has 0 radical (unpaired) electrons. The van der Waals surface area contributed by atoms with Crippen LogP contribution < -0.4 is 0 Å². The van der Waals surface area contributed by atoms with Gasteiger partial charge in [0.25, 0.3) is 0 Å². The summed E-state index contributed by atoms with van der Waals surface area (Å²) >= 11 is 0. The number of carbonyl (C=O) groups is 1. The SMILES string of the molecule is C=CC#N.C=Cc1ccccc1.CCCCOC(C)=O. The van der Waals surface area contributed by atoms with Gasteiger partial charge in [0.15, 0.2) is 0 Å². The predicted octanol–water partition coefficient (Wildman–Crippen LogP) is 4.38. The molecule has 20 heavy (non-hydrogen) atoms. The van der Waals surface area contributed by atoms with Crippen LogP contribution in [0, 0.1) is 11.3 Å². The van der Waals surface area contributed by atoms with Gasteiger partial charge in [-0.25, -0.2) is 0 Å². The topological polar surface area (TPSA) is 50.1 Å². The molecule has 0 aliphatic heterocycles. The van der Waals surface area contributed by atoms with Crippen molar-refractivity contribution in [1.82, 2.24) is 0 Å². The number of esters is 1. The molecule has 0 aliphatic rings. The minimum atomic E-state index is -0.182. The average Bonchev–Trinajstić information content (AvgIpc) is 2.49. The second-order valence-electron chi connectivity index (χ2n) is 3.64. The molecule has 3 heteroatoms. The first-order valence-corrected chi connectivity index (χ1v) is 6.43. The minimum absolute atomic E-state index is 0.182. The summed E-state index contributed by atoms with van der Waals surface area (Å²) in [5.41, 5.74) is 1.17. The van der Waals surface area contributed by atoms with E-state index in [1.54, 1.807) is 6.07 Å². The molecule has 0 aliphatic carbocycles. The normalized spacial score (nSPS) is 7.65. The Kier molecular flexibility index (Phi) is 16.6. The number of hydrogen-bond acceptors (Lipinski definition) is 3. The lowest BCUT2D eigenvalue weighted by atomic mass is 10.2. The van der Waals surface area contributed by atoms with E-state index < -0.39 is 0 Å². The van der Waals surface area contributed by atoms with E-state index in [0.29, 0.717) is 6.61 Å². The van der Waals surface area contributed by atoms with Crippen molar-refractivity contribution < 1.29 is 9.53 Å². The van der Waals surface area contributed by atoms with Crippen LogP contribution in [0.4, 0.5) is 0 Å². The molecule has 0 unspecified atom stereocenters. The highest BCUT2D eigenvalue weighted by molar-refractivity contribution is 5.65. The first kappa shape index (κ1) is 20.0. The van der Waals surface area contributed by atoms with Crippen molar-refractivity contribution in [2.45, 2.75) is 26.7 Å². The van der Waals surface area contributed by atoms with Gasteiger partial charge in [0.2, 0.25) is 0 Å². The summed E-state index contributed by atoms with van der Waals surface area (Å²) in [7, 11) is 0. The molecule has 0 fully saturated rings. The first-order chi connectivity index (χ1) is 9.62. The van der Waals surface area contributed by atoms with Crippen LogP contribution in [0.2, 0.25) is 0 Å². The first-order valence-electron chi connectivity index (χ1n) is 6.43. The molecule has 0 saturated heterocycles. The largest absolute Gasteiger partial charge is 0.466 e. The number of rotatable bonds is 4. The predicted molar refractivity (Wildman–Crippen MR) is 83.9 cm³/mol. The second-order valence-corrected chi connectivity index (χ2v) is 3.64. The highest BCUT2D eigenvalue weighted by atomic mass is 16.5. The van der Waals surface area contributed by atoms with Crippen LogP contribution in [0.15, 0.2) is 49.6 Å². The van der Waals surface area contributed by atoms with Gasteiger partial charge < -0.3 is 4.74 Å². The summed E-state index contributed by atoms with van der Waals surface area (Å²) in [5.74, 6) is -0.182. The smallest absolute Gasteiger partial charge is 0.302 e. The number of hydrogen-bond donors (Lipinski definition) is 0. The lowest BCUT2D eigenvalue weighted by molar-refractivity contribution is -0.141.